The third-order valence-corrected chi connectivity index (χ3v) is 4.01. The molecule has 0 amide bonds. The highest BCUT2D eigenvalue weighted by Crippen LogP contribution is 2.29. The van der Waals surface area contributed by atoms with Gasteiger partial charge in [-0.1, -0.05) is 0 Å². The molecule has 11 nitrogen and oxygen atoms in total. The third kappa shape index (κ3) is 4.14. The molecule has 1 aromatic carbocycles. The van der Waals surface area contributed by atoms with Crippen LogP contribution in [0.15, 0.2) is 23.3 Å². The molecule has 0 atom stereocenters. The summed E-state index contributed by atoms with van der Waals surface area (Å²) in [5.41, 5.74) is 4.47. The second kappa shape index (κ2) is 8.29. The summed E-state index contributed by atoms with van der Waals surface area (Å²) in [6, 6.07) is 3.22. The van der Waals surface area contributed by atoms with Crippen LogP contribution in [0.4, 0.5) is 17.1 Å². The number of ether oxygens (including phenoxy) is 1. The van der Waals surface area contributed by atoms with Crippen molar-refractivity contribution in [2.75, 3.05) is 12.0 Å². The molecule has 0 aliphatic rings. The Kier molecular flexibility index (Phi) is 6.08. The van der Waals surface area contributed by atoms with Gasteiger partial charge in [-0.25, -0.2) is 4.79 Å². The highest BCUT2D eigenvalue weighted by Gasteiger charge is 2.21. The normalized spacial score (nSPS) is 11.2. The molecule has 28 heavy (non-hydrogen) atoms. The molecule has 0 spiro atoms. The van der Waals surface area contributed by atoms with Crippen LogP contribution in [0, 0.1) is 34.1 Å². The summed E-state index contributed by atoms with van der Waals surface area (Å²) in [4.78, 5) is 35.5. The first kappa shape index (κ1) is 20.6. The van der Waals surface area contributed by atoms with E-state index in [-0.39, 0.29) is 12.3 Å². The summed E-state index contributed by atoms with van der Waals surface area (Å²) in [7, 11) is 0. The van der Waals surface area contributed by atoms with Crippen LogP contribution in [-0.2, 0) is 4.74 Å². The topological polar surface area (TPSA) is 153 Å². The first-order valence-corrected chi connectivity index (χ1v) is 8.27. The predicted octanol–water partition coefficient (Wildman–Crippen LogP) is 3.46. The smallest absolute Gasteiger partial charge is 0.355 e. The van der Waals surface area contributed by atoms with Crippen molar-refractivity contribution in [1.82, 2.24) is 4.98 Å². The summed E-state index contributed by atoms with van der Waals surface area (Å²) in [6.07, 6.45) is 0. The van der Waals surface area contributed by atoms with E-state index in [1.165, 1.54) is 6.07 Å². The van der Waals surface area contributed by atoms with E-state index in [1.807, 2.05) is 0 Å². The van der Waals surface area contributed by atoms with Crippen LogP contribution in [0.3, 0.4) is 0 Å². The molecular formula is C17H19N5O6. The van der Waals surface area contributed by atoms with E-state index in [1.54, 1.807) is 27.7 Å². The lowest BCUT2D eigenvalue weighted by Crippen LogP contribution is -2.07. The van der Waals surface area contributed by atoms with Gasteiger partial charge in [-0.2, -0.15) is 5.10 Å². The minimum atomic E-state index is -0.730. The number of aromatic amines is 1. The molecule has 0 unspecified atom stereocenters. The Bertz CT molecular complexity index is 979. The maximum Gasteiger partial charge on any atom is 0.355 e. The van der Waals surface area contributed by atoms with Gasteiger partial charge in [-0.05, 0) is 39.3 Å². The second-order valence-corrected chi connectivity index (χ2v) is 5.87. The van der Waals surface area contributed by atoms with Gasteiger partial charge in [0.2, 0.25) is 0 Å². The van der Waals surface area contributed by atoms with Gasteiger partial charge in [-0.3, -0.25) is 25.7 Å². The zero-order chi connectivity index (χ0) is 21.0. The van der Waals surface area contributed by atoms with E-state index in [0.717, 1.165) is 12.1 Å². The number of nitro benzene ring substituents is 2. The number of rotatable bonds is 7. The number of anilines is 1. The van der Waals surface area contributed by atoms with Crippen LogP contribution in [0.1, 0.15) is 41.2 Å². The molecule has 2 aromatic rings. The van der Waals surface area contributed by atoms with Crippen LogP contribution in [0.5, 0.6) is 0 Å². The van der Waals surface area contributed by atoms with Crippen molar-refractivity contribution in [3.63, 3.8) is 0 Å². The van der Waals surface area contributed by atoms with Gasteiger partial charge < -0.3 is 9.72 Å². The van der Waals surface area contributed by atoms with E-state index in [4.69, 9.17) is 4.74 Å². The van der Waals surface area contributed by atoms with E-state index < -0.39 is 27.2 Å². The van der Waals surface area contributed by atoms with Crippen molar-refractivity contribution in [2.24, 2.45) is 5.10 Å². The maximum absolute atomic E-state index is 12.0. The van der Waals surface area contributed by atoms with Crippen LogP contribution in [-0.4, -0.2) is 33.1 Å². The highest BCUT2D eigenvalue weighted by molar-refractivity contribution is 6.04. The number of H-pyrrole nitrogens is 1. The number of non-ortho nitro benzene ring substituents is 1. The van der Waals surface area contributed by atoms with E-state index in [9.17, 15) is 25.0 Å². The van der Waals surface area contributed by atoms with Gasteiger partial charge >= 0.3 is 11.7 Å². The number of esters is 1. The molecule has 1 aromatic heterocycles. The second-order valence-electron chi connectivity index (χ2n) is 5.87. The molecule has 11 heteroatoms. The number of carbonyl (C=O) groups excluding carboxylic acids is 1. The Labute approximate surface area is 159 Å². The number of carbonyl (C=O) groups is 1. The molecule has 2 rings (SSSR count). The van der Waals surface area contributed by atoms with Crippen LogP contribution in [0.25, 0.3) is 0 Å². The molecule has 2 N–H and O–H groups in total. The van der Waals surface area contributed by atoms with Crippen molar-refractivity contribution in [3.05, 3.63) is 60.9 Å². The minimum Gasteiger partial charge on any atom is -0.461 e. The Morgan fingerprint density at radius 1 is 1.25 bits per heavy atom. The van der Waals surface area contributed by atoms with E-state index in [0.29, 0.717) is 28.2 Å². The fraction of sp³-hybridized carbons (Fsp3) is 0.294. The monoisotopic (exact) mass is 389 g/mol. The molecule has 148 valence electrons. The van der Waals surface area contributed by atoms with Gasteiger partial charge in [0.1, 0.15) is 11.4 Å². The lowest BCUT2D eigenvalue weighted by molar-refractivity contribution is -0.393. The molecule has 0 fully saturated rings. The standard InChI is InChI=1S/C17H19N5O6/c1-5-28-17(23)16-9(2)15(10(3)18-16)11(4)19-20-13-7-6-12(21(24)25)8-14(13)22(26)27/h6-8,18,20H,5H2,1-4H3. The average Bonchev–Trinajstić information content (AvgIpc) is 2.94. The molecule has 0 radical (unpaired) electrons. The van der Waals surface area contributed by atoms with Crippen molar-refractivity contribution in [3.8, 4) is 0 Å². The lowest BCUT2D eigenvalue weighted by atomic mass is 10.1. The first-order chi connectivity index (χ1) is 13.2. The van der Waals surface area contributed by atoms with Gasteiger partial charge in [-0.15, -0.1) is 0 Å². The number of hydrogen-bond acceptors (Lipinski definition) is 8. The molecule has 1 heterocycles. The van der Waals surface area contributed by atoms with Crippen LogP contribution < -0.4 is 5.43 Å². The molecule has 0 bridgehead atoms. The Morgan fingerprint density at radius 2 is 1.93 bits per heavy atom. The molecular weight excluding hydrogens is 370 g/mol. The van der Waals surface area contributed by atoms with Crippen molar-refractivity contribution >= 4 is 28.7 Å². The summed E-state index contributed by atoms with van der Waals surface area (Å²) < 4.78 is 5.00. The highest BCUT2D eigenvalue weighted by atomic mass is 16.6. The average molecular weight is 389 g/mol. The zero-order valence-electron chi connectivity index (χ0n) is 15.7. The van der Waals surface area contributed by atoms with E-state index in [2.05, 4.69) is 15.5 Å². The number of hydrogen-bond donors (Lipinski definition) is 2. The fourth-order valence-electron chi connectivity index (χ4n) is 2.78. The summed E-state index contributed by atoms with van der Waals surface area (Å²) in [5, 5.41) is 26.2. The number of aryl methyl sites for hydroxylation is 1. The van der Waals surface area contributed by atoms with Gasteiger partial charge in [0.15, 0.2) is 0 Å². The number of hydrazone groups is 1. The number of nitro groups is 2. The Morgan fingerprint density at radius 3 is 2.50 bits per heavy atom. The van der Waals surface area contributed by atoms with Gasteiger partial charge in [0.05, 0.1) is 28.2 Å². The molecule has 0 aliphatic carbocycles. The Hall–Kier alpha value is -3.76. The third-order valence-electron chi connectivity index (χ3n) is 4.01. The molecule has 0 saturated carbocycles. The van der Waals surface area contributed by atoms with Crippen molar-refractivity contribution in [1.29, 1.82) is 0 Å². The number of nitrogens with one attached hydrogen (secondary N) is 2. The number of benzene rings is 1. The summed E-state index contributed by atoms with van der Waals surface area (Å²) in [5.74, 6) is -0.485. The van der Waals surface area contributed by atoms with E-state index >= 15 is 0 Å². The minimum absolute atomic E-state index is 0.00593. The van der Waals surface area contributed by atoms with Crippen LogP contribution in [0.2, 0.25) is 0 Å². The SMILES string of the molecule is CCOC(=O)c1[nH]c(C)c(C(C)=NNc2ccc([N+](=O)[O-])cc2[N+](=O)[O-])c1C. The number of nitrogens with zero attached hydrogens (tertiary/aromatic N) is 3. The maximum atomic E-state index is 12.0. The lowest BCUT2D eigenvalue weighted by Gasteiger charge is -2.06. The van der Waals surface area contributed by atoms with Crippen molar-refractivity contribution in [2.45, 2.75) is 27.7 Å². The van der Waals surface area contributed by atoms with Gasteiger partial charge in [0, 0.05) is 17.3 Å². The zero-order valence-corrected chi connectivity index (χ0v) is 15.7. The number of aromatic nitrogens is 1. The quantitative estimate of drug-likeness (QED) is 0.318. The summed E-state index contributed by atoms with van der Waals surface area (Å²) >= 11 is 0. The molecule has 0 aliphatic heterocycles. The van der Waals surface area contributed by atoms with Gasteiger partial charge in [0.25, 0.3) is 5.69 Å². The largest absolute Gasteiger partial charge is 0.461 e. The first-order valence-electron chi connectivity index (χ1n) is 8.27. The van der Waals surface area contributed by atoms with Crippen LogP contribution >= 0.6 is 0 Å². The van der Waals surface area contributed by atoms with Crippen molar-refractivity contribution < 1.29 is 19.4 Å². The molecule has 0 saturated heterocycles. The Balaban J connectivity index is 2.37. The predicted molar refractivity (Wildman–Crippen MR) is 102 cm³/mol. The summed E-state index contributed by atoms with van der Waals surface area (Å²) in [6.45, 7) is 7.11. The fourth-order valence-corrected chi connectivity index (χ4v) is 2.78.